The van der Waals surface area contributed by atoms with Gasteiger partial charge >= 0.3 is 0 Å². The molecule has 17 heavy (non-hydrogen) atoms. The maximum atomic E-state index is 7.31. The van der Waals surface area contributed by atoms with E-state index >= 15 is 0 Å². The Hall–Kier alpha value is -1.62. The third kappa shape index (κ3) is 2.94. The number of nitrogens with zero attached hydrogens (tertiary/aromatic N) is 3. The van der Waals surface area contributed by atoms with Crippen molar-refractivity contribution in [3.05, 3.63) is 24.0 Å². The van der Waals surface area contributed by atoms with Gasteiger partial charge in [-0.3, -0.25) is 10.4 Å². The van der Waals surface area contributed by atoms with E-state index in [1.165, 1.54) is 6.42 Å². The molecule has 5 nitrogen and oxygen atoms in total. The second kappa shape index (κ2) is 5.14. The van der Waals surface area contributed by atoms with Crippen molar-refractivity contribution in [1.82, 2.24) is 9.88 Å². The highest BCUT2D eigenvalue weighted by molar-refractivity contribution is 5.93. The maximum Gasteiger partial charge on any atom is 0.141 e. The van der Waals surface area contributed by atoms with Crippen molar-refractivity contribution in [2.24, 2.45) is 5.73 Å². The second-order valence-electron chi connectivity index (χ2n) is 4.46. The molecule has 1 aromatic rings. The van der Waals surface area contributed by atoms with Gasteiger partial charge in [-0.1, -0.05) is 0 Å². The van der Waals surface area contributed by atoms with Gasteiger partial charge in [-0.05, 0) is 32.1 Å². The van der Waals surface area contributed by atoms with Crippen LogP contribution in [0.5, 0.6) is 0 Å². The summed E-state index contributed by atoms with van der Waals surface area (Å²) in [5, 5.41) is 7.31. The van der Waals surface area contributed by atoms with Gasteiger partial charge in [-0.15, -0.1) is 0 Å². The minimum atomic E-state index is 0.0205. The fraction of sp³-hybridized carbons (Fsp3) is 0.500. The van der Waals surface area contributed by atoms with Gasteiger partial charge in [0.25, 0.3) is 0 Å². The minimum Gasteiger partial charge on any atom is -0.382 e. The van der Waals surface area contributed by atoms with Crippen molar-refractivity contribution in [2.45, 2.75) is 6.42 Å². The molecular formula is C12H19N5. The number of amidine groups is 1. The molecule has 5 heteroatoms. The van der Waals surface area contributed by atoms with Crippen LogP contribution in [0.25, 0.3) is 0 Å². The first-order chi connectivity index (χ1) is 8.16. The zero-order chi connectivity index (χ0) is 12.3. The third-order valence-corrected chi connectivity index (χ3v) is 3.11. The number of likely N-dealkylation sites (N-methyl/N-ethyl adjacent to an activating group) is 1. The van der Waals surface area contributed by atoms with E-state index in [1.54, 1.807) is 0 Å². The average Bonchev–Trinajstić information content (AvgIpc) is 2.54. The molecule has 1 aromatic heterocycles. The van der Waals surface area contributed by atoms with Crippen LogP contribution in [0.4, 0.5) is 5.69 Å². The van der Waals surface area contributed by atoms with E-state index in [0.717, 1.165) is 31.9 Å². The lowest BCUT2D eigenvalue weighted by molar-refractivity contribution is 0.360. The van der Waals surface area contributed by atoms with Crippen molar-refractivity contribution in [2.75, 3.05) is 38.1 Å². The second-order valence-corrected chi connectivity index (χ2v) is 4.46. The zero-order valence-corrected chi connectivity index (χ0v) is 10.2. The quantitative estimate of drug-likeness (QED) is 0.577. The summed E-state index contributed by atoms with van der Waals surface area (Å²) in [6.07, 6.45) is 2.98. The highest BCUT2D eigenvalue weighted by Crippen LogP contribution is 2.15. The number of anilines is 1. The van der Waals surface area contributed by atoms with E-state index < -0.39 is 0 Å². The molecule has 1 saturated heterocycles. The van der Waals surface area contributed by atoms with Gasteiger partial charge in [0.15, 0.2) is 0 Å². The number of hydrogen-bond donors (Lipinski definition) is 2. The first kappa shape index (κ1) is 11.9. The highest BCUT2D eigenvalue weighted by Gasteiger charge is 2.12. The summed E-state index contributed by atoms with van der Waals surface area (Å²) in [6, 6.07) is 3.81. The number of nitrogen functional groups attached to an aromatic ring is 1. The van der Waals surface area contributed by atoms with Crippen molar-refractivity contribution in [3.8, 4) is 0 Å². The summed E-state index contributed by atoms with van der Waals surface area (Å²) in [5.74, 6) is 0.0205. The van der Waals surface area contributed by atoms with Crippen LogP contribution in [-0.4, -0.2) is 48.9 Å². The number of hydrogen-bond acceptors (Lipinski definition) is 4. The van der Waals surface area contributed by atoms with Gasteiger partial charge in [0, 0.05) is 19.6 Å². The van der Waals surface area contributed by atoms with Gasteiger partial charge in [0.1, 0.15) is 11.5 Å². The van der Waals surface area contributed by atoms with Gasteiger partial charge in [0.05, 0.1) is 11.9 Å². The number of nitrogens with two attached hydrogens (primary N) is 1. The van der Waals surface area contributed by atoms with Crippen molar-refractivity contribution >= 4 is 11.5 Å². The van der Waals surface area contributed by atoms with Gasteiger partial charge in [-0.25, -0.2) is 0 Å². The molecule has 1 aliphatic rings. The van der Waals surface area contributed by atoms with Crippen LogP contribution in [0.2, 0.25) is 0 Å². The monoisotopic (exact) mass is 233 g/mol. The lowest BCUT2D eigenvalue weighted by Crippen LogP contribution is -2.28. The van der Waals surface area contributed by atoms with Crippen LogP contribution in [-0.2, 0) is 0 Å². The van der Waals surface area contributed by atoms with Crippen molar-refractivity contribution in [3.63, 3.8) is 0 Å². The molecule has 0 aromatic carbocycles. The first-order valence-electron chi connectivity index (χ1n) is 5.91. The molecule has 3 N–H and O–H groups in total. The highest BCUT2D eigenvalue weighted by atomic mass is 15.2. The summed E-state index contributed by atoms with van der Waals surface area (Å²) in [4.78, 5) is 8.88. The molecule has 2 heterocycles. The average molecular weight is 233 g/mol. The Morgan fingerprint density at radius 1 is 1.29 bits per heavy atom. The van der Waals surface area contributed by atoms with Crippen LogP contribution in [0.3, 0.4) is 0 Å². The number of rotatable bonds is 2. The molecule has 0 atom stereocenters. The molecule has 0 bridgehead atoms. The minimum absolute atomic E-state index is 0.0205. The topological polar surface area (TPSA) is 69.2 Å². The molecule has 92 valence electrons. The van der Waals surface area contributed by atoms with E-state index in [1.807, 2.05) is 18.3 Å². The Kier molecular flexibility index (Phi) is 3.58. The van der Waals surface area contributed by atoms with E-state index in [2.05, 4.69) is 21.8 Å². The van der Waals surface area contributed by atoms with Gasteiger partial charge in [0.2, 0.25) is 0 Å². The summed E-state index contributed by atoms with van der Waals surface area (Å²) in [6.45, 7) is 4.31. The van der Waals surface area contributed by atoms with Gasteiger partial charge in [-0.2, -0.15) is 0 Å². The third-order valence-electron chi connectivity index (χ3n) is 3.11. The summed E-state index contributed by atoms with van der Waals surface area (Å²) in [5.41, 5.74) is 7.04. The standard InChI is InChI=1S/C12H19N5/c1-16-5-2-6-17(8-7-16)10-3-4-11(12(13)14)15-9-10/h3-4,9H,2,5-8H2,1H3,(H3,13,14). The number of nitrogens with one attached hydrogen (secondary N) is 1. The molecule has 0 aliphatic carbocycles. The summed E-state index contributed by atoms with van der Waals surface area (Å²) in [7, 11) is 2.15. The fourth-order valence-electron chi connectivity index (χ4n) is 2.04. The van der Waals surface area contributed by atoms with Crippen LogP contribution < -0.4 is 10.6 Å². The maximum absolute atomic E-state index is 7.31. The molecule has 1 fully saturated rings. The molecule has 0 radical (unpaired) electrons. The predicted molar refractivity (Wildman–Crippen MR) is 69.6 cm³/mol. The van der Waals surface area contributed by atoms with E-state index in [0.29, 0.717) is 5.69 Å². The fourth-order valence-corrected chi connectivity index (χ4v) is 2.04. The van der Waals surface area contributed by atoms with Crippen LogP contribution in [0.1, 0.15) is 12.1 Å². The van der Waals surface area contributed by atoms with Crippen LogP contribution >= 0.6 is 0 Å². The Morgan fingerprint density at radius 3 is 2.76 bits per heavy atom. The lowest BCUT2D eigenvalue weighted by atomic mass is 10.3. The first-order valence-corrected chi connectivity index (χ1v) is 5.91. The summed E-state index contributed by atoms with van der Waals surface area (Å²) >= 11 is 0. The van der Waals surface area contributed by atoms with E-state index in [9.17, 15) is 0 Å². The normalized spacial score (nSPS) is 17.8. The summed E-state index contributed by atoms with van der Waals surface area (Å²) < 4.78 is 0. The molecule has 0 spiro atoms. The predicted octanol–water partition coefficient (Wildman–Crippen LogP) is 0.508. The molecule has 0 saturated carbocycles. The van der Waals surface area contributed by atoms with Crippen molar-refractivity contribution < 1.29 is 0 Å². The zero-order valence-electron chi connectivity index (χ0n) is 10.2. The van der Waals surface area contributed by atoms with Gasteiger partial charge < -0.3 is 15.5 Å². The molecule has 0 unspecified atom stereocenters. The molecule has 1 aliphatic heterocycles. The van der Waals surface area contributed by atoms with E-state index in [4.69, 9.17) is 11.1 Å². The Bertz CT molecular complexity index is 386. The molecular weight excluding hydrogens is 214 g/mol. The van der Waals surface area contributed by atoms with Crippen LogP contribution in [0.15, 0.2) is 18.3 Å². The largest absolute Gasteiger partial charge is 0.382 e. The Morgan fingerprint density at radius 2 is 2.12 bits per heavy atom. The number of pyridine rings is 1. The van der Waals surface area contributed by atoms with E-state index in [-0.39, 0.29) is 5.84 Å². The molecule has 0 amide bonds. The van der Waals surface area contributed by atoms with Crippen LogP contribution in [0, 0.1) is 5.41 Å². The number of aromatic nitrogens is 1. The Balaban J connectivity index is 2.08. The van der Waals surface area contributed by atoms with Crippen molar-refractivity contribution in [1.29, 1.82) is 5.41 Å². The Labute approximate surface area is 102 Å². The molecule has 2 rings (SSSR count). The smallest absolute Gasteiger partial charge is 0.141 e. The SMILES string of the molecule is CN1CCCN(c2ccc(C(=N)N)nc2)CC1. The lowest BCUT2D eigenvalue weighted by Gasteiger charge is -2.22.